The van der Waals surface area contributed by atoms with E-state index in [1.165, 1.54) is 0 Å². The average Bonchev–Trinajstić information content (AvgIpc) is 2.96. The summed E-state index contributed by atoms with van der Waals surface area (Å²) in [6.07, 6.45) is -5.11. The summed E-state index contributed by atoms with van der Waals surface area (Å²) in [5.74, 6) is -3.36. The van der Waals surface area contributed by atoms with Gasteiger partial charge in [-0.2, -0.15) is 18.2 Å². The molecule has 0 unspecified atom stereocenters. The number of alkyl halides is 3. The van der Waals surface area contributed by atoms with E-state index in [0.717, 1.165) is 24.3 Å². The number of nitrogens with one attached hydrogen (secondary N) is 3. The lowest BCUT2D eigenvalue weighted by molar-refractivity contribution is -0.144. The van der Waals surface area contributed by atoms with Crippen molar-refractivity contribution in [3.63, 3.8) is 0 Å². The molecule has 0 fully saturated rings. The van der Waals surface area contributed by atoms with Crippen LogP contribution in [0.25, 0.3) is 0 Å². The number of sulfonamides is 1. The minimum Gasteiger partial charge on any atom is -0.293 e. The van der Waals surface area contributed by atoms with E-state index in [0.29, 0.717) is 0 Å². The van der Waals surface area contributed by atoms with E-state index in [1.54, 1.807) is 5.10 Å². The van der Waals surface area contributed by atoms with Crippen LogP contribution in [0.15, 0.2) is 29.2 Å². The Balaban J connectivity index is 1.86. The second-order valence-corrected chi connectivity index (χ2v) is 6.42. The Hall–Kier alpha value is -2.54. The van der Waals surface area contributed by atoms with Gasteiger partial charge in [0.1, 0.15) is 5.82 Å². The van der Waals surface area contributed by atoms with Gasteiger partial charge in [-0.15, -0.1) is 5.10 Å². The Kier molecular flexibility index (Phi) is 5.37. The first-order valence-electron chi connectivity index (χ1n) is 6.62. The molecule has 3 N–H and O–H groups in total. The highest BCUT2D eigenvalue weighted by Gasteiger charge is 2.35. The van der Waals surface area contributed by atoms with Crippen LogP contribution in [0.4, 0.5) is 23.5 Å². The lowest BCUT2D eigenvalue weighted by Crippen LogP contribution is -2.28. The first kappa shape index (κ1) is 18.8. The lowest BCUT2D eigenvalue weighted by Gasteiger charge is -2.06. The number of nitrogens with zero attached hydrogens (tertiary/aromatic N) is 2. The van der Waals surface area contributed by atoms with Gasteiger partial charge in [0, 0.05) is 13.0 Å². The smallest absolute Gasteiger partial charge is 0.293 e. The molecule has 0 saturated heterocycles. The number of hydrogen-bond donors (Lipinski definition) is 3. The normalized spacial score (nSPS) is 12.2. The number of benzene rings is 1. The van der Waals surface area contributed by atoms with Gasteiger partial charge in [0.2, 0.25) is 27.7 Å². The molecule has 0 atom stereocenters. The number of hydrogen-bond acceptors (Lipinski definition) is 5. The van der Waals surface area contributed by atoms with Crippen LogP contribution in [-0.4, -0.2) is 36.1 Å². The molecule has 1 heterocycles. The predicted molar refractivity (Wildman–Crippen MR) is 76.2 cm³/mol. The third-order valence-electron chi connectivity index (χ3n) is 2.77. The number of rotatable bonds is 6. The fourth-order valence-electron chi connectivity index (χ4n) is 1.63. The zero-order chi connectivity index (χ0) is 18.7. The molecule has 2 aromatic rings. The highest BCUT2D eigenvalue weighted by atomic mass is 32.2. The van der Waals surface area contributed by atoms with Crippen molar-refractivity contribution in [2.45, 2.75) is 17.5 Å². The summed E-state index contributed by atoms with van der Waals surface area (Å²) in [5, 5.41) is 6.78. The maximum atomic E-state index is 12.8. The summed E-state index contributed by atoms with van der Waals surface area (Å²) in [6, 6.07) is 4.01. The summed E-state index contributed by atoms with van der Waals surface area (Å²) in [5.41, 5.74) is 0. The highest BCUT2D eigenvalue weighted by Crippen LogP contribution is 2.26. The van der Waals surface area contributed by atoms with E-state index in [4.69, 9.17) is 0 Å². The first-order valence-corrected chi connectivity index (χ1v) is 8.11. The van der Waals surface area contributed by atoms with Gasteiger partial charge < -0.3 is 0 Å². The molecule has 25 heavy (non-hydrogen) atoms. The summed E-state index contributed by atoms with van der Waals surface area (Å²) < 4.78 is 75.6. The zero-order valence-corrected chi connectivity index (χ0v) is 13.1. The van der Waals surface area contributed by atoms with E-state index in [-0.39, 0.29) is 17.9 Å². The standard InChI is InChI=1S/C12H11F4N5O3S/c13-7-1-3-8(4-2-7)25(23,24)17-6-5-9(22)18-11-19-10(20-21-11)12(14,15)16/h1-4,17H,5-6H2,(H2,18,19,20,21,22). The third kappa shape index (κ3) is 5.22. The fraction of sp³-hybridized carbons (Fsp3) is 0.250. The minimum absolute atomic E-state index is 0.196. The van der Waals surface area contributed by atoms with Crippen LogP contribution in [-0.2, 0) is 21.0 Å². The Morgan fingerprint density at radius 3 is 2.40 bits per heavy atom. The van der Waals surface area contributed by atoms with E-state index >= 15 is 0 Å². The monoisotopic (exact) mass is 381 g/mol. The van der Waals surface area contributed by atoms with Gasteiger partial charge in [0.05, 0.1) is 4.90 Å². The van der Waals surface area contributed by atoms with Crippen molar-refractivity contribution in [1.82, 2.24) is 19.9 Å². The van der Waals surface area contributed by atoms with Crippen molar-refractivity contribution in [2.75, 3.05) is 11.9 Å². The molecule has 0 aliphatic rings. The van der Waals surface area contributed by atoms with Crippen molar-refractivity contribution in [2.24, 2.45) is 0 Å². The Labute approximate surface area is 138 Å². The van der Waals surface area contributed by atoms with Crippen LogP contribution in [0.3, 0.4) is 0 Å². The van der Waals surface area contributed by atoms with E-state index in [1.807, 2.05) is 5.32 Å². The molecular weight excluding hydrogens is 370 g/mol. The van der Waals surface area contributed by atoms with Gasteiger partial charge in [-0.1, -0.05) is 0 Å². The van der Waals surface area contributed by atoms with Gasteiger partial charge in [0.25, 0.3) is 0 Å². The zero-order valence-electron chi connectivity index (χ0n) is 12.3. The molecule has 1 aromatic carbocycles. The van der Waals surface area contributed by atoms with Gasteiger partial charge in [-0.25, -0.2) is 17.5 Å². The molecule has 0 spiro atoms. The van der Waals surface area contributed by atoms with Gasteiger partial charge >= 0.3 is 6.18 Å². The largest absolute Gasteiger partial charge is 0.451 e. The fourth-order valence-corrected chi connectivity index (χ4v) is 2.66. The van der Waals surface area contributed by atoms with Crippen LogP contribution in [0.5, 0.6) is 0 Å². The Morgan fingerprint density at radius 1 is 1.20 bits per heavy atom. The quantitative estimate of drug-likeness (QED) is 0.652. The van der Waals surface area contributed by atoms with Crippen molar-refractivity contribution < 1.29 is 30.8 Å². The average molecular weight is 381 g/mol. The SMILES string of the molecule is O=C(CCNS(=O)(=O)c1ccc(F)cc1)Nc1n[nH]c(C(F)(F)F)n1. The minimum atomic E-state index is -4.74. The van der Waals surface area contributed by atoms with E-state index < -0.39 is 39.7 Å². The van der Waals surface area contributed by atoms with Crippen molar-refractivity contribution in [1.29, 1.82) is 0 Å². The molecule has 0 aliphatic heterocycles. The molecule has 8 nitrogen and oxygen atoms in total. The molecule has 0 radical (unpaired) electrons. The number of halogens is 4. The van der Waals surface area contributed by atoms with Gasteiger partial charge in [-0.05, 0) is 24.3 Å². The van der Waals surface area contributed by atoms with Gasteiger partial charge in [0.15, 0.2) is 0 Å². The van der Waals surface area contributed by atoms with E-state index in [2.05, 4.69) is 14.8 Å². The van der Waals surface area contributed by atoms with Crippen LogP contribution in [0, 0.1) is 5.82 Å². The summed E-state index contributed by atoms with van der Waals surface area (Å²) in [4.78, 5) is 14.4. The molecule has 13 heteroatoms. The number of H-pyrrole nitrogens is 1. The molecule has 0 bridgehead atoms. The Bertz CT molecular complexity index is 848. The lowest BCUT2D eigenvalue weighted by atomic mass is 10.4. The predicted octanol–water partition coefficient (Wildman–Crippen LogP) is 1.27. The number of carbonyl (C=O) groups excluding carboxylic acids is 1. The maximum Gasteiger partial charge on any atom is 0.451 e. The van der Waals surface area contributed by atoms with Crippen molar-refractivity contribution in [3.8, 4) is 0 Å². The molecule has 136 valence electrons. The second-order valence-electron chi connectivity index (χ2n) is 4.66. The first-order chi connectivity index (χ1) is 11.6. The second kappa shape index (κ2) is 7.14. The summed E-state index contributed by atoms with van der Waals surface area (Å²) in [6.45, 7) is -0.331. The van der Waals surface area contributed by atoms with Crippen LogP contribution in [0.1, 0.15) is 12.2 Å². The van der Waals surface area contributed by atoms with Crippen molar-refractivity contribution in [3.05, 3.63) is 35.9 Å². The number of aromatic nitrogens is 3. The number of amides is 1. The van der Waals surface area contributed by atoms with Crippen LogP contribution >= 0.6 is 0 Å². The maximum absolute atomic E-state index is 12.8. The summed E-state index contributed by atoms with van der Waals surface area (Å²) in [7, 11) is -3.94. The Morgan fingerprint density at radius 2 is 1.84 bits per heavy atom. The van der Waals surface area contributed by atoms with E-state index in [9.17, 15) is 30.8 Å². The van der Waals surface area contributed by atoms with Crippen LogP contribution in [0.2, 0.25) is 0 Å². The molecule has 1 aromatic heterocycles. The molecule has 0 saturated carbocycles. The number of carbonyl (C=O) groups is 1. The highest BCUT2D eigenvalue weighted by molar-refractivity contribution is 7.89. The van der Waals surface area contributed by atoms with Crippen molar-refractivity contribution >= 4 is 21.9 Å². The van der Waals surface area contributed by atoms with Crippen LogP contribution < -0.4 is 10.0 Å². The molecule has 1 amide bonds. The topological polar surface area (TPSA) is 117 Å². The number of aromatic amines is 1. The summed E-state index contributed by atoms with van der Waals surface area (Å²) >= 11 is 0. The number of anilines is 1. The van der Waals surface area contributed by atoms with Gasteiger partial charge in [-0.3, -0.25) is 15.2 Å². The molecular formula is C12H11F4N5O3S. The molecule has 2 rings (SSSR count). The third-order valence-corrected chi connectivity index (χ3v) is 4.25. The molecule has 0 aliphatic carbocycles.